The van der Waals surface area contributed by atoms with Gasteiger partial charge in [-0.3, -0.25) is 4.79 Å². The predicted octanol–water partition coefficient (Wildman–Crippen LogP) is 2.84. The van der Waals surface area contributed by atoms with E-state index in [1.165, 1.54) is 6.42 Å². The molecule has 18 heavy (non-hydrogen) atoms. The van der Waals surface area contributed by atoms with E-state index in [1.807, 2.05) is 0 Å². The number of carbonyl (C=O) groups is 1. The van der Waals surface area contributed by atoms with E-state index in [9.17, 15) is 4.79 Å². The highest BCUT2D eigenvalue weighted by Crippen LogP contribution is 2.31. The van der Waals surface area contributed by atoms with Gasteiger partial charge >= 0.3 is 0 Å². The molecule has 106 valence electrons. The number of carbonyl (C=O) groups excluding carboxylic acids is 1. The monoisotopic (exact) mass is 254 g/mol. The standard InChI is InChI=1S/C15H30N2O/c1-4-8-15(11-16,9-5-2)14(18)17-13-7-6-12(3)10-13/h12-13H,4-11,16H2,1-3H3,(H,17,18). The Morgan fingerprint density at radius 3 is 2.28 bits per heavy atom. The summed E-state index contributed by atoms with van der Waals surface area (Å²) in [6.45, 7) is 7.00. The zero-order chi connectivity index (χ0) is 13.6. The van der Waals surface area contributed by atoms with Crippen molar-refractivity contribution in [2.75, 3.05) is 6.54 Å². The average molecular weight is 254 g/mol. The Kier molecular flexibility index (Phi) is 6.13. The molecule has 1 saturated carbocycles. The second-order valence-corrected chi connectivity index (χ2v) is 6.07. The maximum atomic E-state index is 12.5. The van der Waals surface area contributed by atoms with E-state index < -0.39 is 0 Å². The van der Waals surface area contributed by atoms with Crippen LogP contribution in [-0.2, 0) is 4.79 Å². The van der Waals surface area contributed by atoms with Crippen molar-refractivity contribution in [1.29, 1.82) is 0 Å². The summed E-state index contributed by atoms with van der Waals surface area (Å²) in [6, 6.07) is 0.382. The third-order valence-corrected chi connectivity index (χ3v) is 4.36. The molecule has 0 aliphatic heterocycles. The van der Waals surface area contributed by atoms with Crippen LogP contribution in [0.1, 0.15) is 65.7 Å². The fourth-order valence-corrected chi connectivity index (χ4v) is 3.28. The molecule has 0 saturated heterocycles. The van der Waals surface area contributed by atoms with Gasteiger partial charge in [0.1, 0.15) is 0 Å². The summed E-state index contributed by atoms with van der Waals surface area (Å²) in [5, 5.41) is 3.25. The van der Waals surface area contributed by atoms with Crippen molar-refractivity contribution in [3.8, 4) is 0 Å². The van der Waals surface area contributed by atoms with Crippen molar-refractivity contribution in [1.82, 2.24) is 5.32 Å². The van der Waals surface area contributed by atoms with Gasteiger partial charge in [-0.15, -0.1) is 0 Å². The lowest BCUT2D eigenvalue weighted by Gasteiger charge is -2.32. The van der Waals surface area contributed by atoms with E-state index in [0.717, 1.165) is 44.4 Å². The van der Waals surface area contributed by atoms with E-state index in [0.29, 0.717) is 12.6 Å². The Morgan fingerprint density at radius 2 is 1.89 bits per heavy atom. The summed E-state index contributed by atoms with van der Waals surface area (Å²) < 4.78 is 0. The maximum Gasteiger partial charge on any atom is 0.227 e. The second-order valence-electron chi connectivity index (χ2n) is 6.07. The van der Waals surface area contributed by atoms with Gasteiger partial charge in [0.2, 0.25) is 5.91 Å². The summed E-state index contributed by atoms with van der Waals surface area (Å²) >= 11 is 0. The number of rotatable bonds is 7. The predicted molar refractivity (Wildman–Crippen MR) is 76.2 cm³/mol. The third-order valence-electron chi connectivity index (χ3n) is 4.36. The van der Waals surface area contributed by atoms with Crippen LogP contribution in [0.4, 0.5) is 0 Å². The summed E-state index contributed by atoms with van der Waals surface area (Å²) in [7, 11) is 0. The number of hydrogen-bond donors (Lipinski definition) is 2. The van der Waals surface area contributed by atoms with E-state index in [1.54, 1.807) is 0 Å². The van der Waals surface area contributed by atoms with E-state index in [2.05, 4.69) is 26.1 Å². The molecule has 0 heterocycles. The quantitative estimate of drug-likeness (QED) is 0.734. The molecule has 2 atom stereocenters. The summed E-state index contributed by atoms with van der Waals surface area (Å²) in [4.78, 5) is 12.5. The summed E-state index contributed by atoms with van der Waals surface area (Å²) in [5.74, 6) is 0.952. The molecule has 0 bridgehead atoms. The Hall–Kier alpha value is -0.570. The Balaban J connectivity index is 2.63. The van der Waals surface area contributed by atoms with Crippen molar-refractivity contribution in [2.45, 2.75) is 71.8 Å². The Morgan fingerprint density at radius 1 is 1.28 bits per heavy atom. The van der Waals surface area contributed by atoms with Gasteiger partial charge < -0.3 is 11.1 Å². The van der Waals surface area contributed by atoms with Gasteiger partial charge in [-0.1, -0.05) is 33.6 Å². The zero-order valence-corrected chi connectivity index (χ0v) is 12.3. The summed E-state index contributed by atoms with van der Waals surface area (Å²) in [5.41, 5.74) is 5.60. The van der Waals surface area contributed by atoms with Gasteiger partial charge in [-0.2, -0.15) is 0 Å². The fraction of sp³-hybridized carbons (Fsp3) is 0.933. The van der Waals surface area contributed by atoms with Gasteiger partial charge in [-0.25, -0.2) is 0 Å². The average Bonchev–Trinajstić information content (AvgIpc) is 2.74. The molecule has 1 aliphatic carbocycles. The van der Waals surface area contributed by atoms with E-state index in [4.69, 9.17) is 5.73 Å². The molecule has 0 aromatic rings. The summed E-state index contributed by atoms with van der Waals surface area (Å²) in [6.07, 6.45) is 7.35. The first-order valence-corrected chi connectivity index (χ1v) is 7.59. The van der Waals surface area contributed by atoms with Crippen LogP contribution in [0.25, 0.3) is 0 Å². The molecule has 0 aromatic heterocycles. The third kappa shape index (κ3) is 3.71. The van der Waals surface area contributed by atoms with E-state index >= 15 is 0 Å². The second kappa shape index (κ2) is 7.13. The van der Waals surface area contributed by atoms with Crippen molar-refractivity contribution >= 4 is 5.91 Å². The minimum atomic E-state index is -0.324. The largest absolute Gasteiger partial charge is 0.353 e. The van der Waals surface area contributed by atoms with Crippen LogP contribution in [0.5, 0.6) is 0 Å². The van der Waals surface area contributed by atoms with Crippen molar-refractivity contribution in [3.05, 3.63) is 0 Å². The molecule has 1 fully saturated rings. The molecular formula is C15H30N2O. The fourth-order valence-electron chi connectivity index (χ4n) is 3.28. The van der Waals surface area contributed by atoms with Crippen molar-refractivity contribution in [2.24, 2.45) is 17.1 Å². The minimum Gasteiger partial charge on any atom is -0.353 e. The molecule has 2 unspecified atom stereocenters. The molecule has 0 radical (unpaired) electrons. The number of nitrogens with one attached hydrogen (secondary N) is 1. The lowest BCUT2D eigenvalue weighted by molar-refractivity contribution is -0.132. The van der Waals surface area contributed by atoms with Crippen LogP contribution in [-0.4, -0.2) is 18.5 Å². The first-order chi connectivity index (χ1) is 8.57. The van der Waals surface area contributed by atoms with Gasteiger partial charge in [0.05, 0.1) is 5.41 Å². The molecule has 0 aromatic carbocycles. The smallest absolute Gasteiger partial charge is 0.227 e. The lowest BCUT2D eigenvalue weighted by Crippen LogP contribution is -2.48. The number of amides is 1. The van der Waals surface area contributed by atoms with Gasteiger partial charge in [0.15, 0.2) is 0 Å². The van der Waals surface area contributed by atoms with Gasteiger partial charge in [0.25, 0.3) is 0 Å². The number of nitrogens with two attached hydrogens (primary N) is 1. The lowest BCUT2D eigenvalue weighted by atomic mass is 9.78. The first kappa shape index (κ1) is 15.5. The van der Waals surface area contributed by atoms with Crippen LogP contribution >= 0.6 is 0 Å². The molecule has 3 N–H and O–H groups in total. The van der Waals surface area contributed by atoms with Gasteiger partial charge in [0, 0.05) is 12.6 Å². The highest BCUT2D eigenvalue weighted by atomic mass is 16.2. The topological polar surface area (TPSA) is 55.1 Å². The van der Waals surface area contributed by atoms with Crippen LogP contribution in [0, 0.1) is 11.3 Å². The van der Waals surface area contributed by atoms with Crippen molar-refractivity contribution in [3.63, 3.8) is 0 Å². The number of hydrogen-bond acceptors (Lipinski definition) is 2. The molecular weight excluding hydrogens is 224 g/mol. The van der Waals surface area contributed by atoms with Crippen molar-refractivity contribution < 1.29 is 4.79 Å². The Bertz CT molecular complexity index is 259. The molecule has 3 heteroatoms. The molecule has 1 rings (SSSR count). The molecule has 0 spiro atoms. The molecule has 1 amide bonds. The highest BCUT2D eigenvalue weighted by Gasteiger charge is 2.37. The zero-order valence-electron chi connectivity index (χ0n) is 12.3. The SMILES string of the molecule is CCCC(CN)(CCC)C(=O)NC1CCC(C)C1. The van der Waals surface area contributed by atoms with Crippen LogP contribution in [0.15, 0.2) is 0 Å². The Labute approximate surface area is 112 Å². The van der Waals surface area contributed by atoms with E-state index in [-0.39, 0.29) is 11.3 Å². The van der Waals surface area contributed by atoms with Crippen LogP contribution in [0.3, 0.4) is 0 Å². The van der Waals surface area contributed by atoms with Crippen LogP contribution in [0.2, 0.25) is 0 Å². The van der Waals surface area contributed by atoms with Crippen LogP contribution < -0.4 is 11.1 Å². The molecule has 3 nitrogen and oxygen atoms in total. The normalized spacial score (nSPS) is 24.2. The maximum absolute atomic E-state index is 12.5. The highest BCUT2D eigenvalue weighted by molar-refractivity contribution is 5.83. The minimum absolute atomic E-state index is 0.202. The van der Waals surface area contributed by atoms with Gasteiger partial charge in [-0.05, 0) is 38.0 Å². The first-order valence-electron chi connectivity index (χ1n) is 7.59. The molecule has 1 aliphatic rings.